The van der Waals surface area contributed by atoms with Gasteiger partial charge in [-0.1, -0.05) is 31.9 Å². The molecule has 6 nitrogen and oxygen atoms in total. The molecular weight excluding hydrogens is 595 g/mol. The molecule has 2 saturated carbocycles. The van der Waals surface area contributed by atoms with Crippen LogP contribution in [0.25, 0.3) is 0 Å². The number of anilines is 1. The van der Waals surface area contributed by atoms with Gasteiger partial charge in [-0.3, -0.25) is 9.27 Å². The summed E-state index contributed by atoms with van der Waals surface area (Å²) in [6.07, 6.45) is -6.06. The lowest BCUT2D eigenvalue weighted by Gasteiger charge is -2.60. The third-order valence-electron chi connectivity index (χ3n) is 10.1. The van der Waals surface area contributed by atoms with Crippen molar-refractivity contribution in [1.29, 1.82) is 0 Å². The molecule has 4 rings (SSSR count). The Labute approximate surface area is 240 Å². The molecule has 1 aromatic carbocycles. The van der Waals surface area contributed by atoms with Crippen molar-refractivity contribution in [2.45, 2.75) is 101 Å². The van der Waals surface area contributed by atoms with Gasteiger partial charge in [-0.05, 0) is 96.8 Å². The van der Waals surface area contributed by atoms with E-state index < -0.39 is 57.8 Å². The Bertz CT molecular complexity index is 1290. The Kier molecular flexibility index (Phi) is 8.58. The van der Waals surface area contributed by atoms with E-state index in [1.54, 1.807) is 12.1 Å². The number of allylic oxidation sites excluding steroid dienone is 1. The number of aryl methyl sites for hydroxylation is 1. The Hall–Kier alpha value is -1.90. The molecule has 0 radical (unpaired) electrons. The zero-order valence-corrected chi connectivity index (χ0v) is 23.8. The number of aliphatic hydroxyl groups is 2. The van der Waals surface area contributed by atoms with Crippen molar-refractivity contribution in [3.8, 4) is 0 Å². The smallest absolute Gasteiger partial charge is 0.393 e. The first kappa shape index (κ1) is 33.0. The maximum Gasteiger partial charge on any atom is 0.459 e. The van der Waals surface area contributed by atoms with Crippen molar-refractivity contribution in [3.05, 3.63) is 42.0 Å². The fourth-order valence-corrected chi connectivity index (χ4v) is 8.67. The number of unbranched alkanes of at least 4 members (excludes halogenated alkanes) is 1. The normalized spacial score (nSPS) is 32.5. The van der Waals surface area contributed by atoms with Crippen LogP contribution in [-0.2, 0) is 16.7 Å². The third-order valence-corrected chi connectivity index (χ3v) is 10.6. The predicted molar refractivity (Wildman–Crippen MR) is 141 cm³/mol. The first-order chi connectivity index (χ1) is 19.2. The van der Waals surface area contributed by atoms with Gasteiger partial charge in [-0.2, -0.15) is 39.2 Å². The van der Waals surface area contributed by atoms with Gasteiger partial charge in [0, 0.05) is 0 Å². The summed E-state index contributed by atoms with van der Waals surface area (Å²) in [6.45, 7) is 6.16. The molecule has 1 aromatic rings. The molecule has 0 aliphatic heterocycles. The van der Waals surface area contributed by atoms with Gasteiger partial charge >= 0.3 is 28.3 Å². The number of alkyl halides is 7. The van der Waals surface area contributed by atoms with E-state index in [2.05, 4.69) is 6.58 Å². The van der Waals surface area contributed by atoms with Gasteiger partial charge in [0.15, 0.2) is 0 Å². The summed E-state index contributed by atoms with van der Waals surface area (Å²) in [7, 11) is -4.51. The molecule has 238 valence electrons. The topological polar surface area (TPSA) is 107 Å². The van der Waals surface area contributed by atoms with Crippen molar-refractivity contribution in [3.63, 3.8) is 0 Å². The molecule has 3 unspecified atom stereocenters. The zero-order chi connectivity index (χ0) is 31.5. The second-order valence-electron chi connectivity index (χ2n) is 12.4. The zero-order valence-electron chi connectivity index (χ0n) is 23.0. The third kappa shape index (κ3) is 5.45. The predicted octanol–water partition coefficient (Wildman–Crippen LogP) is 6.65. The standard InChI is InChI=1S/C28H36F7NO5S/c1-3-25-13-12-16-14-18(36-42(39,40)41)8-9-19(16)23(25)17(15-24(2)20(25)10-11-21(24)37)6-4-5-7-22(38)26(29,30)27(31,32)28(33,34)35/h3,8-9,14,17,20-23,36-38H,1,4-7,10-13,15H2,2H3,(H,39,40,41)/t17-,20?,21-,22-,23?,24-,25?/m0/s1. The van der Waals surface area contributed by atoms with Crippen molar-refractivity contribution < 1.29 is 53.9 Å². The fourth-order valence-electron chi connectivity index (χ4n) is 8.24. The van der Waals surface area contributed by atoms with Gasteiger partial charge in [0.2, 0.25) is 0 Å². The van der Waals surface area contributed by atoms with Gasteiger partial charge in [0.1, 0.15) is 6.10 Å². The highest BCUT2D eigenvalue weighted by Crippen LogP contribution is 2.69. The minimum absolute atomic E-state index is 0.0626. The average molecular weight is 632 g/mol. The molecule has 7 atom stereocenters. The number of rotatable bonds is 10. The van der Waals surface area contributed by atoms with Crippen LogP contribution in [0.1, 0.15) is 75.3 Å². The van der Waals surface area contributed by atoms with Crippen molar-refractivity contribution >= 4 is 16.0 Å². The van der Waals surface area contributed by atoms with E-state index in [1.165, 1.54) is 6.07 Å². The quantitative estimate of drug-likeness (QED) is 0.100. The molecule has 3 aliphatic rings. The van der Waals surface area contributed by atoms with Crippen LogP contribution >= 0.6 is 0 Å². The molecule has 3 aliphatic carbocycles. The number of fused-ring (bicyclic) bond motifs is 5. The molecule has 0 bridgehead atoms. The number of halogens is 7. The number of aliphatic hydroxyl groups excluding tert-OH is 2. The summed E-state index contributed by atoms with van der Waals surface area (Å²) < 4.78 is 126. The first-order valence-electron chi connectivity index (χ1n) is 13.9. The molecule has 2 fully saturated rings. The first-order valence-corrected chi connectivity index (χ1v) is 15.4. The summed E-state index contributed by atoms with van der Waals surface area (Å²) in [5.41, 5.74) is 0.943. The summed E-state index contributed by atoms with van der Waals surface area (Å²) in [6, 6.07) is 4.90. The Balaban J connectivity index is 1.59. The molecule has 0 spiro atoms. The Morgan fingerprint density at radius 3 is 2.40 bits per heavy atom. The van der Waals surface area contributed by atoms with Gasteiger partial charge < -0.3 is 10.2 Å². The monoisotopic (exact) mass is 631 g/mol. The molecule has 0 heterocycles. The van der Waals surface area contributed by atoms with E-state index in [0.29, 0.717) is 32.1 Å². The van der Waals surface area contributed by atoms with Gasteiger partial charge in [0.05, 0.1) is 11.8 Å². The summed E-state index contributed by atoms with van der Waals surface area (Å²) in [4.78, 5) is 0. The molecule has 4 N–H and O–H groups in total. The van der Waals surface area contributed by atoms with Crippen LogP contribution in [0.5, 0.6) is 0 Å². The van der Waals surface area contributed by atoms with E-state index in [9.17, 15) is 53.9 Å². The van der Waals surface area contributed by atoms with Gasteiger partial charge in [-0.15, -0.1) is 6.58 Å². The van der Waals surface area contributed by atoms with Crippen LogP contribution in [0.3, 0.4) is 0 Å². The average Bonchev–Trinajstić information content (AvgIpc) is 3.18. The lowest BCUT2D eigenvalue weighted by Crippen LogP contribution is -2.57. The van der Waals surface area contributed by atoms with Gasteiger partial charge in [0.25, 0.3) is 0 Å². The SMILES string of the molecule is C=CC12CCc3cc(NS(=O)(=O)O)ccc3C1[C@@H](CCCC[C@H](O)C(F)(F)C(F)(F)C(F)(F)F)C[C@@]1(C)C2CC[C@@H]1O. The summed E-state index contributed by atoms with van der Waals surface area (Å²) in [5.74, 6) is -12.4. The minimum atomic E-state index is -6.52. The molecule has 42 heavy (non-hydrogen) atoms. The van der Waals surface area contributed by atoms with E-state index in [4.69, 9.17) is 0 Å². The van der Waals surface area contributed by atoms with Crippen LogP contribution in [0.15, 0.2) is 30.9 Å². The van der Waals surface area contributed by atoms with Crippen molar-refractivity contribution in [1.82, 2.24) is 0 Å². The van der Waals surface area contributed by atoms with Crippen LogP contribution in [0.4, 0.5) is 36.4 Å². The molecule has 0 aromatic heterocycles. The van der Waals surface area contributed by atoms with E-state index in [1.807, 2.05) is 17.7 Å². The second-order valence-corrected chi connectivity index (χ2v) is 13.6. The molecular formula is C28H36F7NO5S. The largest absolute Gasteiger partial charge is 0.459 e. The van der Waals surface area contributed by atoms with E-state index in [0.717, 1.165) is 17.5 Å². The molecule has 14 heteroatoms. The maximum absolute atomic E-state index is 13.9. The highest BCUT2D eigenvalue weighted by atomic mass is 32.2. The van der Waals surface area contributed by atoms with Crippen LogP contribution < -0.4 is 4.72 Å². The molecule has 0 amide bonds. The fraction of sp³-hybridized carbons (Fsp3) is 0.714. The van der Waals surface area contributed by atoms with E-state index >= 15 is 0 Å². The van der Waals surface area contributed by atoms with Crippen LogP contribution in [0, 0.1) is 22.7 Å². The van der Waals surface area contributed by atoms with Crippen LogP contribution in [0.2, 0.25) is 0 Å². The lowest BCUT2D eigenvalue weighted by atomic mass is 9.44. The highest BCUT2D eigenvalue weighted by Gasteiger charge is 2.75. The minimum Gasteiger partial charge on any atom is -0.393 e. The second kappa shape index (κ2) is 10.9. The van der Waals surface area contributed by atoms with Crippen LogP contribution in [-0.4, -0.2) is 53.4 Å². The van der Waals surface area contributed by atoms with E-state index in [-0.39, 0.29) is 36.3 Å². The maximum atomic E-state index is 13.9. The van der Waals surface area contributed by atoms with Crippen molar-refractivity contribution in [2.24, 2.45) is 22.7 Å². The summed E-state index contributed by atoms with van der Waals surface area (Å²) >= 11 is 0. The Morgan fingerprint density at radius 2 is 1.81 bits per heavy atom. The van der Waals surface area contributed by atoms with Crippen molar-refractivity contribution in [2.75, 3.05) is 4.72 Å². The highest BCUT2D eigenvalue weighted by molar-refractivity contribution is 7.87. The lowest BCUT2D eigenvalue weighted by molar-refractivity contribution is -0.371. The molecule has 0 saturated heterocycles. The van der Waals surface area contributed by atoms with Gasteiger partial charge in [-0.25, -0.2) is 0 Å². The number of hydrogen-bond acceptors (Lipinski definition) is 4. The number of hydrogen-bond donors (Lipinski definition) is 4. The summed E-state index contributed by atoms with van der Waals surface area (Å²) in [5, 5.41) is 20.7. The number of nitrogens with one attached hydrogen (secondary N) is 1. The Morgan fingerprint density at radius 1 is 1.14 bits per heavy atom. The number of benzene rings is 1.